The molecule has 0 aliphatic carbocycles. The van der Waals surface area contributed by atoms with Gasteiger partial charge in [0.2, 0.25) is 0 Å². The van der Waals surface area contributed by atoms with Crippen molar-refractivity contribution in [3.8, 4) is 11.4 Å². The summed E-state index contributed by atoms with van der Waals surface area (Å²) in [7, 11) is 0. The normalized spacial score (nSPS) is 10.5. The van der Waals surface area contributed by atoms with Crippen LogP contribution in [-0.2, 0) is 14.3 Å². The van der Waals surface area contributed by atoms with Crippen molar-refractivity contribution >= 4 is 23.5 Å². The Labute approximate surface area is 186 Å². The molecular weight excluding hydrogens is 410 g/mol. The monoisotopic (exact) mass is 435 g/mol. The highest BCUT2D eigenvalue weighted by Gasteiger charge is 2.13. The molecule has 0 aliphatic rings. The number of ether oxygens (including phenoxy) is 2. The first-order valence-corrected chi connectivity index (χ1v) is 10.1. The number of carbonyl (C=O) groups excluding carboxylic acids is 3. The predicted octanol–water partition coefficient (Wildman–Crippen LogP) is 3.64. The van der Waals surface area contributed by atoms with Gasteiger partial charge < -0.3 is 14.8 Å². The lowest BCUT2D eigenvalue weighted by atomic mass is 10.1. The summed E-state index contributed by atoms with van der Waals surface area (Å²) in [5, 5.41) is 7.12. The number of nitrogens with one attached hydrogen (secondary N) is 1. The van der Waals surface area contributed by atoms with Crippen LogP contribution in [0.5, 0.6) is 5.75 Å². The molecule has 0 unspecified atom stereocenters. The lowest BCUT2D eigenvalue weighted by Gasteiger charge is -2.10. The fraction of sp³-hybridized carbons (Fsp3) is 0.250. The molecule has 0 fully saturated rings. The number of hydrogen-bond donors (Lipinski definition) is 1. The Hall–Kier alpha value is -3.94. The Morgan fingerprint density at radius 2 is 1.69 bits per heavy atom. The molecule has 0 saturated heterocycles. The number of ketones is 1. The summed E-state index contributed by atoms with van der Waals surface area (Å²) in [6.07, 6.45) is -0.0118. The highest BCUT2D eigenvalue weighted by Crippen LogP contribution is 2.18. The Balaban J connectivity index is 1.45. The second-order valence-corrected chi connectivity index (χ2v) is 7.31. The van der Waals surface area contributed by atoms with E-state index in [-0.39, 0.29) is 18.8 Å². The summed E-state index contributed by atoms with van der Waals surface area (Å²) >= 11 is 0. The van der Waals surface area contributed by atoms with Gasteiger partial charge in [-0.2, -0.15) is 5.10 Å². The van der Waals surface area contributed by atoms with Gasteiger partial charge in [-0.15, -0.1) is 0 Å². The van der Waals surface area contributed by atoms with Gasteiger partial charge in [0.1, 0.15) is 11.6 Å². The lowest BCUT2D eigenvalue weighted by Crippen LogP contribution is -2.23. The zero-order chi connectivity index (χ0) is 23.1. The predicted molar refractivity (Wildman–Crippen MR) is 119 cm³/mol. The van der Waals surface area contributed by atoms with Crippen molar-refractivity contribution in [2.45, 2.75) is 27.2 Å². The first-order chi connectivity index (χ1) is 15.3. The summed E-state index contributed by atoms with van der Waals surface area (Å²) in [4.78, 5) is 35.4. The van der Waals surface area contributed by atoms with E-state index in [0.717, 1.165) is 16.9 Å². The fourth-order valence-corrected chi connectivity index (χ4v) is 2.91. The number of aryl methyl sites for hydroxylation is 2. The highest BCUT2D eigenvalue weighted by molar-refractivity contribution is 5.94. The van der Waals surface area contributed by atoms with E-state index < -0.39 is 18.5 Å². The molecule has 2 aromatic carbocycles. The molecule has 1 aromatic heterocycles. The van der Waals surface area contributed by atoms with Gasteiger partial charge in [0, 0.05) is 11.6 Å². The molecule has 1 N–H and O–H groups in total. The van der Waals surface area contributed by atoms with Crippen LogP contribution in [0.2, 0.25) is 0 Å². The van der Waals surface area contributed by atoms with Crippen LogP contribution in [0.15, 0.2) is 54.6 Å². The minimum atomic E-state index is -0.552. The highest BCUT2D eigenvalue weighted by atomic mass is 16.5. The largest absolute Gasteiger partial charge is 0.493 e. The Kier molecular flexibility index (Phi) is 7.38. The van der Waals surface area contributed by atoms with Crippen LogP contribution in [-0.4, -0.2) is 40.7 Å². The van der Waals surface area contributed by atoms with Crippen LogP contribution in [0.25, 0.3) is 5.69 Å². The summed E-state index contributed by atoms with van der Waals surface area (Å²) in [6.45, 7) is 4.99. The first-order valence-electron chi connectivity index (χ1n) is 10.1. The SMILES string of the molecule is CC(=O)c1ccc(OCCC(=O)OCC(=O)Nc2cc(C)nn2-c2ccc(C)cc2)cc1. The molecule has 3 rings (SSSR count). The molecular formula is C24H25N3O5. The third-order valence-electron chi connectivity index (χ3n) is 4.58. The zero-order valence-electron chi connectivity index (χ0n) is 18.3. The average Bonchev–Trinajstić information content (AvgIpc) is 3.13. The molecule has 0 aliphatic heterocycles. The molecule has 0 saturated carbocycles. The van der Waals surface area contributed by atoms with Gasteiger partial charge in [-0.3, -0.25) is 14.4 Å². The van der Waals surface area contributed by atoms with Gasteiger partial charge in [-0.25, -0.2) is 4.68 Å². The number of Topliss-reactive ketones (excluding diaryl/α,β-unsaturated/α-hetero) is 1. The van der Waals surface area contributed by atoms with Crippen molar-refractivity contribution in [3.05, 3.63) is 71.4 Å². The third-order valence-corrected chi connectivity index (χ3v) is 4.58. The maximum Gasteiger partial charge on any atom is 0.309 e. The number of amides is 1. The number of benzene rings is 2. The maximum atomic E-state index is 12.3. The van der Waals surface area contributed by atoms with E-state index in [1.54, 1.807) is 35.0 Å². The van der Waals surface area contributed by atoms with Gasteiger partial charge in [0.15, 0.2) is 12.4 Å². The van der Waals surface area contributed by atoms with Crippen molar-refractivity contribution in [1.82, 2.24) is 9.78 Å². The number of rotatable bonds is 9. The molecule has 166 valence electrons. The summed E-state index contributed by atoms with van der Waals surface area (Å²) in [5.74, 6) is -0.0171. The van der Waals surface area contributed by atoms with E-state index in [2.05, 4.69) is 10.4 Å². The summed E-state index contributed by atoms with van der Waals surface area (Å²) in [5.41, 5.74) is 3.25. The van der Waals surface area contributed by atoms with Gasteiger partial charge in [0.05, 0.1) is 24.4 Å². The number of nitrogens with zero attached hydrogens (tertiary/aromatic N) is 2. The average molecular weight is 435 g/mol. The fourth-order valence-electron chi connectivity index (χ4n) is 2.91. The van der Waals surface area contributed by atoms with E-state index in [1.165, 1.54) is 6.92 Å². The molecule has 0 bridgehead atoms. The van der Waals surface area contributed by atoms with E-state index >= 15 is 0 Å². The van der Waals surface area contributed by atoms with Crippen LogP contribution < -0.4 is 10.1 Å². The third kappa shape index (κ3) is 6.28. The number of aromatic nitrogens is 2. The quantitative estimate of drug-likeness (QED) is 0.407. The molecule has 1 heterocycles. The Bertz CT molecular complexity index is 1100. The van der Waals surface area contributed by atoms with Crippen molar-refractivity contribution in [1.29, 1.82) is 0 Å². The molecule has 0 spiro atoms. The van der Waals surface area contributed by atoms with E-state index in [0.29, 0.717) is 17.1 Å². The van der Waals surface area contributed by atoms with Gasteiger partial charge >= 0.3 is 5.97 Å². The minimum absolute atomic E-state index is 0.0118. The van der Waals surface area contributed by atoms with Gasteiger partial charge in [0.25, 0.3) is 5.91 Å². The molecule has 1 amide bonds. The second kappa shape index (κ2) is 10.4. The first kappa shape index (κ1) is 22.7. The van der Waals surface area contributed by atoms with Crippen LogP contribution in [0.4, 0.5) is 5.82 Å². The second-order valence-electron chi connectivity index (χ2n) is 7.31. The lowest BCUT2D eigenvalue weighted by molar-refractivity contribution is -0.147. The van der Waals surface area contributed by atoms with E-state index in [9.17, 15) is 14.4 Å². The zero-order valence-corrected chi connectivity index (χ0v) is 18.3. The molecule has 8 nitrogen and oxygen atoms in total. The van der Waals surface area contributed by atoms with Crippen LogP contribution in [0.3, 0.4) is 0 Å². The molecule has 8 heteroatoms. The Morgan fingerprint density at radius 1 is 1.00 bits per heavy atom. The summed E-state index contributed by atoms with van der Waals surface area (Å²) in [6, 6.07) is 16.1. The van der Waals surface area contributed by atoms with Gasteiger partial charge in [-0.1, -0.05) is 17.7 Å². The van der Waals surface area contributed by atoms with Crippen molar-refractivity contribution < 1.29 is 23.9 Å². The van der Waals surface area contributed by atoms with Crippen LogP contribution >= 0.6 is 0 Å². The topological polar surface area (TPSA) is 99.5 Å². The van der Waals surface area contributed by atoms with E-state index in [4.69, 9.17) is 9.47 Å². The molecule has 0 radical (unpaired) electrons. The number of anilines is 1. The molecule has 32 heavy (non-hydrogen) atoms. The Morgan fingerprint density at radius 3 is 2.34 bits per heavy atom. The minimum Gasteiger partial charge on any atom is -0.493 e. The molecule has 0 atom stereocenters. The van der Waals surface area contributed by atoms with Crippen molar-refractivity contribution in [3.63, 3.8) is 0 Å². The molecule has 3 aromatic rings. The standard InChI is InChI=1S/C24H25N3O5/c1-16-4-8-20(9-5-16)27-22(14-17(2)26-27)25-23(29)15-32-24(30)12-13-31-21-10-6-19(7-11-21)18(3)28/h4-11,14H,12-13,15H2,1-3H3,(H,25,29). The van der Waals surface area contributed by atoms with Gasteiger partial charge in [-0.05, 0) is 57.2 Å². The smallest absolute Gasteiger partial charge is 0.309 e. The number of carbonyl (C=O) groups is 3. The number of hydrogen-bond acceptors (Lipinski definition) is 6. The van der Waals surface area contributed by atoms with Crippen molar-refractivity contribution in [2.75, 3.05) is 18.5 Å². The van der Waals surface area contributed by atoms with Crippen molar-refractivity contribution in [2.24, 2.45) is 0 Å². The number of esters is 1. The van der Waals surface area contributed by atoms with Crippen LogP contribution in [0.1, 0.15) is 35.0 Å². The summed E-state index contributed by atoms with van der Waals surface area (Å²) < 4.78 is 12.1. The maximum absolute atomic E-state index is 12.3. The van der Waals surface area contributed by atoms with E-state index in [1.807, 2.05) is 38.1 Å². The van der Waals surface area contributed by atoms with Crippen LogP contribution in [0, 0.1) is 13.8 Å².